The first-order chi connectivity index (χ1) is 11.6. The Morgan fingerprint density at radius 2 is 1.75 bits per heavy atom. The van der Waals surface area contributed by atoms with Crippen LogP contribution < -0.4 is 9.80 Å². The first-order valence-electron chi connectivity index (χ1n) is 8.71. The van der Waals surface area contributed by atoms with Gasteiger partial charge in [-0.25, -0.2) is 19.9 Å². The molecule has 2 fully saturated rings. The summed E-state index contributed by atoms with van der Waals surface area (Å²) < 4.78 is 0. The molecule has 4 heterocycles. The maximum Gasteiger partial charge on any atom is 0.134 e. The van der Waals surface area contributed by atoms with Gasteiger partial charge in [0.25, 0.3) is 0 Å². The zero-order chi connectivity index (χ0) is 16.7. The fraction of sp³-hybridized carbons (Fsp3) is 0.556. The molecule has 2 aromatic rings. The van der Waals surface area contributed by atoms with Gasteiger partial charge in [-0.2, -0.15) is 0 Å². The molecule has 0 saturated carbocycles. The molecule has 6 heteroatoms. The summed E-state index contributed by atoms with van der Waals surface area (Å²) in [6.45, 7) is 10.6. The molecule has 6 nitrogen and oxygen atoms in total. The number of anilines is 2. The molecule has 4 rings (SSSR count). The van der Waals surface area contributed by atoms with Gasteiger partial charge in [0.15, 0.2) is 0 Å². The minimum Gasteiger partial charge on any atom is -0.356 e. The highest BCUT2D eigenvalue weighted by atomic mass is 15.3. The van der Waals surface area contributed by atoms with Crippen LogP contribution in [0.2, 0.25) is 0 Å². The second kappa shape index (κ2) is 6.00. The molecular formula is C18H24N6. The number of fused-ring (bicyclic) bond motifs is 1. The molecular weight excluding hydrogens is 300 g/mol. The van der Waals surface area contributed by atoms with Crippen molar-refractivity contribution < 1.29 is 0 Å². The van der Waals surface area contributed by atoms with Crippen molar-refractivity contribution in [3.8, 4) is 0 Å². The van der Waals surface area contributed by atoms with Gasteiger partial charge in [0.05, 0.1) is 0 Å². The predicted molar refractivity (Wildman–Crippen MR) is 94.3 cm³/mol. The highest BCUT2D eigenvalue weighted by Gasteiger charge is 2.41. The minimum atomic E-state index is 0.364. The molecule has 2 aliphatic heterocycles. The van der Waals surface area contributed by atoms with Gasteiger partial charge in [-0.3, -0.25) is 0 Å². The topological polar surface area (TPSA) is 58.0 Å². The summed E-state index contributed by atoms with van der Waals surface area (Å²) in [4.78, 5) is 22.6. The summed E-state index contributed by atoms with van der Waals surface area (Å²) in [7, 11) is 0. The van der Waals surface area contributed by atoms with Crippen LogP contribution in [0, 0.1) is 18.8 Å². The average Bonchev–Trinajstić information content (AvgIpc) is 3.14. The summed E-state index contributed by atoms with van der Waals surface area (Å²) in [6, 6.07) is 2.04. The van der Waals surface area contributed by atoms with Crippen LogP contribution in [0.5, 0.6) is 0 Å². The predicted octanol–water partition coefficient (Wildman–Crippen LogP) is 2.27. The van der Waals surface area contributed by atoms with Crippen LogP contribution in [-0.4, -0.2) is 46.1 Å². The van der Waals surface area contributed by atoms with E-state index in [1.165, 1.54) is 0 Å². The number of aryl methyl sites for hydroxylation is 1. The van der Waals surface area contributed by atoms with Crippen molar-refractivity contribution in [1.29, 1.82) is 0 Å². The SMILES string of the molecule is Cc1cncnc1N1CC2CN(c3ccnc(C(C)C)n3)CC2C1. The Morgan fingerprint density at radius 3 is 2.42 bits per heavy atom. The van der Waals surface area contributed by atoms with Crippen LogP contribution in [0.25, 0.3) is 0 Å². The van der Waals surface area contributed by atoms with Crippen molar-refractivity contribution >= 4 is 11.6 Å². The summed E-state index contributed by atoms with van der Waals surface area (Å²) in [6.07, 6.45) is 5.44. The molecule has 0 radical (unpaired) electrons. The highest BCUT2D eigenvalue weighted by molar-refractivity contribution is 5.48. The van der Waals surface area contributed by atoms with E-state index in [-0.39, 0.29) is 0 Å². The number of hydrogen-bond donors (Lipinski definition) is 0. The molecule has 2 saturated heterocycles. The van der Waals surface area contributed by atoms with E-state index in [0.717, 1.165) is 49.2 Å². The van der Waals surface area contributed by atoms with Crippen molar-refractivity contribution in [3.63, 3.8) is 0 Å². The van der Waals surface area contributed by atoms with E-state index in [4.69, 9.17) is 4.98 Å². The number of rotatable bonds is 3. The van der Waals surface area contributed by atoms with Crippen LogP contribution >= 0.6 is 0 Å². The summed E-state index contributed by atoms with van der Waals surface area (Å²) in [5.74, 6) is 4.82. The molecule has 2 unspecified atom stereocenters. The molecule has 2 aromatic heterocycles. The van der Waals surface area contributed by atoms with Gasteiger partial charge in [0, 0.05) is 61.9 Å². The van der Waals surface area contributed by atoms with Gasteiger partial charge >= 0.3 is 0 Å². The minimum absolute atomic E-state index is 0.364. The lowest BCUT2D eigenvalue weighted by molar-refractivity contribution is 0.533. The van der Waals surface area contributed by atoms with Crippen molar-refractivity contribution in [3.05, 3.63) is 36.2 Å². The van der Waals surface area contributed by atoms with Crippen LogP contribution in [0.4, 0.5) is 11.6 Å². The van der Waals surface area contributed by atoms with Gasteiger partial charge in [-0.15, -0.1) is 0 Å². The second-order valence-electron chi connectivity index (χ2n) is 7.29. The maximum absolute atomic E-state index is 4.75. The Morgan fingerprint density at radius 1 is 1.04 bits per heavy atom. The molecule has 0 bridgehead atoms. The van der Waals surface area contributed by atoms with E-state index in [1.807, 2.05) is 18.5 Å². The van der Waals surface area contributed by atoms with Crippen LogP contribution in [-0.2, 0) is 0 Å². The molecule has 2 atom stereocenters. The van der Waals surface area contributed by atoms with Gasteiger partial charge < -0.3 is 9.80 Å². The Labute approximate surface area is 143 Å². The van der Waals surface area contributed by atoms with Crippen LogP contribution in [0.3, 0.4) is 0 Å². The normalized spacial score (nSPS) is 23.2. The largest absolute Gasteiger partial charge is 0.356 e. The molecule has 0 N–H and O–H groups in total. The summed E-state index contributed by atoms with van der Waals surface area (Å²) in [5, 5.41) is 0. The third-order valence-electron chi connectivity index (χ3n) is 5.15. The fourth-order valence-electron chi connectivity index (χ4n) is 3.89. The standard InChI is InChI=1S/C18H24N6/c1-12(2)17-20-5-4-16(22-17)23-7-14-9-24(10-15(14)8-23)18-13(3)6-19-11-21-18/h4-6,11-12,14-15H,7-10H2,1-3H3. The van der Waals surface area contributed by atoms with E-state index in [1.54, 1.807) is 6.33 Å². The van der Waals surface area contributed by atoms with E-state index < -0.39 is 0 Å². The van der Waals surface area contributed by atoms with E-state index in [9.17, 15) is 0 Å². The lowest BCUT2D eigenvalue weighted by atomic mass is 10.0. The zero-order valence-corrected chi connectivity index (χ0v) is 14.6. The van der Waals surface area contributed by atoms with Gasteiger partial charge in [-0.1, -0.05) is 13.8 Å². The number of nitrogens with zero attached hydrogens (tertiary/aromatic N) is 6. The monoisotopic (exact) mass is 324 g/mol. The highest BCUT2D eigenvalue weighted by Crippen LogP contribution is 2.35. The van der Waals surface area contributed by atoms with Crippen molar-refractivity contribution in [2.24, 2.45) is 11.8 Å². The average molecular weight is 324 g/mol. The molecule has 24 heavy (non-hydrogen) atoms. The van der Waals surface area contributed by atoms with Gasteiger partial charge in [-0.05, 0) is 13.0 Å². The first-order valence-corrected chi connectivity index (χ1v) is 8.71. The van der Waals surface area contributed by atoms with Crippen molar-refractivity contribution in [2.75, 3.05) is 36.0 Å². The lowest BCUT2D eigenvalue weighted by Crippen LogP contribution is -2.30. The Bertz CT molecular complexity index is 717. The molecule has 0 aliphatic carbocycles. The quantitative estimate of drug-likeness (QED) is 0.863. The summed E-state index contributed by atoms with van der Waals surface area (Å²) in [5.41, 5.74) is 1.16. The molecule has 0 spiro atoms. The lowest BCUT2D eigenvalue weighted by Gasteiger charge is -2.24. The Kier molecular flexibility index (Phi) is 3.82. The molecule has 0 amide bonds. The smallest absolute Gasteiger partial charge is 0.134 e. The van der Waals surface area contributed by atoms with E-state index >= 15 is 0 Å². The van der Waals surface area contributed by atoms with Crippen molar-refractivity contribution in [2.45, 2.75) is 26.7 Å². The second-order valence-corrected chi connectivity index (χ2v) is 7.29. The third-order valence-corrected chi connectivity index (χ3v) is 5.15. The third kappa shape index (κ3) is 2.70. The zero-order valence-electron chi connectivity index (χ0n) is 14.6. The summed E-state index contributed by atoms with van der Waals surface area (Å²) >= 11 is 0. The Balaban J connectivity index is 1.47. The Hall–Kier alpha value is -2.24. The molecule has 2 aliphatic rings. The van der Waals surface area contributed by atoms with Crippen LogP contribution in [0.1, 0.15) is 31.2 Å². The number of aromatic nitrogens is 4. The molecule has 126 valence electrons. The molecule has 0 aromatic carbocycles. The fourth-order valence-corrected chi connectivity index (χ4v) is 3.89. The van der Waals surface area contributed by atoms with E-state index in [2.05, 4.69) is 45.5 Å². The van der Waals surface area contributed by atoms with Crippen LogP contribution in [0.15, 0.2) is 24.8 Å². The van der Waals surface area contributed by atoms with Gasteiger partial charge in [0.2, 0.25) is 0 Å². The maximum atomic E-state index is 4.75. The number of hydrogen-bond acceptors (Lipinski definition) is 6. The van der Waals surface area contributed by atoms with Gasteiger partial charge in [0.1, 0.15) is 23.8 Å². The first kappa shape index (κ1) is 15.3. The van der Waals surface area contributed by atoms with Crippen molar-refractivity contribution in [1.82, 2.24) is 19.9 Å². The van der Waals surface area contributed by atoms with E-state index in [0.29, 0.717) is 17.8 Å².